The van der Waals surface area contributed by atoms with Crippen LogP contribution in [0.4, 0.5) is 4.39 Å². The standard InChI is InChI=1S/C15H18FN3S.HI/c16-14-6-2-1-4-12(14)7-9-18-15(17)19-10-8-13-5-3-11-20-13;/h1-6,11H,7-10H2,(H3,17,18,19);1H. The van der Waals surface area contributed by atoms with Crippen molar-refractivity contribution in [3.63, 3.8) is 0 Å². The van der Waals surface area contributed by atoms with E-state index >= 15 is 0 Å². The minimum Gasteiger partial charge on any atom is -0.370 e. The third-order valence-corrected chi connectivity index (χ3v) is 3.81. The second-order valence-electron chi connectivity index (χ2n) is 4.36. The Kier molecular flexibility index (Phi) is 8.29. The highest BCUT2D eigenvalue weighted by Gasteiger charge is 2.00. The molecule has 3 nitrogen and oxygen atoms in total. The fourth-order valence-corrected chi connectivity index (χ4v) is 2.52. The molecule has 114 valence electrons. The largest absolute Gasteiger partial charge is 0.370 e. The molecule has 1 heterocycles. The maximum absolute atomic E-state index is 13.4. The Balaban J connectivity index is 0.00000220. The lowest BCUT2D eigenvalue weighted by atomic mass is 10.1. The number of halogens is 2. The van der Waals surface area contributed by atoms with Crippen LogP contribution >= 0.6 is 35.3 Å². The molecule has 21 heavy (non-hydrogen) atoms. The number of benzene rings is 1. The number of hydrogen-bond acceptors (Lipinski definition) is 2. The van der Waals surface area contributed by atoms with Crippen LogP contribution in [0.3, 0.4) is 0 Å². The van der Waals surface area contributed by atoms with Gasteiger partial charge < -0.3 is 11.1 Å². The normalized spacial score (nSPS) is 11.0. The third kappa shape index (κ3) is 6.43. The van der Waals surface area contributed by atoms with E-state index < -0.39 is 0 Å². The van der Waals surface area contributed by atoms with Gasteiger partial charge in [0.2, 0.25) is 0 Å². The summed E-state index contributed by atoms with van der Waals surface area (Å²) in [5.74, 6) is 0.236. The van der Waals surface area contributed by atoms with Crippen molar-refractivity contribution in [2.75, 3.05) is 13.1 Å². The third-order valence-electron chi connectivity index (χ3n) is 2.88. The average molecular weight is 419 g/mol. The van der Waals surface area contributed by atoms with Gasteiger partial charge in [-0.05, 0) is 29.5 Å². The summed E-state index contributed by atoms with van der Waals surface area (Å²) in [7, 11) is 0. The van der Waals surface area contributed by atoms with Gasteiger partial charge in [-0.2, -0.15) is 0 Å². The van der Waals surface area contributed by atoms with Crippen molar-refractivity contribution >= 4 is 41.3 Å². The predicted octanol–water partition coefficient (Wildman–Crippen LogP) is 3.19. The first-order chi connectivity index (χ1) is 9.75. The number of nitrogens with two attached hydrogens (primary N) is 1. The Morgan fingerprint density at radius 3 is 2.71 bits per heavy atom. The summed E-state index contributed by atoms with van der Waals surface area (Å²) in [4.78, 5) is 5.55. The molecule has 2 aromatic rings. The Bertz CT molecular complexity index is 558. The molecule has 3 N–H and O–H groups in total. The summed E-state index contributed by atoms with van der Waals surface area (Å²) < 4.78 is 13.4. The second kappa shape index (κ2) is 9.73. The monoisotopic (exact) mass is 419 g/mol. The summed E-state index contributed by atoms with van der Waals surface area (Å²) >= 11 is 1.72. The summed E-state index contributed by atoms with van der Waals surface area (Å²) in [5.41, 5.74) is 6.45. The number of hydrogen-bond donors (Lipinski definition) is 2. The molecule has 0 spiro atoms. The molecule has 0 bridgehead atoms. The van der Waals surface area contributed by atoms with E-state index in [9.17, 15) is 4.39 Å². The van der Waals surface area contributed by atoms with Crippen LogP contribution in [-0.2, 0) is 12.8 Å². The quantitative estimate of drug-likeness (QED) is 0.429. The van der Waals surface area contributed by atoms with E-state index in [-0.39, 0.29) is 29.8 Å². The van der Waals surface area contributed by atoms with Gasteiger partial charge in [0.05, 0.1) is 0 Å². The van der Waals surface area contributed by atoms with Gasteiger partial charge in [-0.25, -0.2) is 4.39 Å². The summed E-state index contributed by atoms with van der Waals surface area (Å²) in [6, 6.07) is 10.9. The number of thiophene rings is 1. The van der Waals surface area contributed by atoms with E-state index in [1.807, 2.05) is 12.1 Å². The molecule has 0 fully saturated rings. The van der Waals surface area contributed by atoms with Crippen LogP contribution in [0.5, 0.6) is 0 Å². The first-order valence-corrected chi connectivity index (χ1v) is 7.43. The van der Waals surface area contributed by atoms with Crippen LogP contribution < -0.4 is 11.1 Å². The molecule has 0 unspecified atom stereocenters. The predicted molar refractivity (Wildman–Crippen MR) is 98.0 cm³/mol. The molecule has 0 saturated heterocycles. The van der Waals surface area contributed by atoms with Crippen molar-refractivity contribution in [1.82, 2.24) is 5.32 Å². The molecule has 2 rings (SSSR count). The second-order valence-corrected chi connectivity index (χ2v) is 5.40. The first kappa shape index (κ1) is 17.9. The number of nitrogens with zero attached hydrogens (tertiary/aromatic N) is 1. The SMILES string of the molecule is I.NC(=NCCc1cccs1)NCCc1ccccc1F. The van der Waals surface area contributed by atoms with Gasteiger partial charge in [0.15, 0.2) is 5.96 Å². The molecule has 1 aromatic heterocycles. The van der Waals surface area contributed by atoms with E-state index in [1.165, 1.54) is 10.9 Å². The molecule has 0 aliphatic rings. The van der Waals surface area contributed by atoms with Crippen LogP contribution in [0.1, 0.15) is 10.4 Å². The topological polar surface area (TPSA) is 50.4 Å². The van der Waals surface area contributed by atoms with Crippen molar-refractivity contribution < 1.29 is 4.39 Å². The zero-order chi connectivity index (χ0) is 14.2. The van der Waals surface area contributed by atoms with Crippen LogP contribution in [0.2, 0.25) is 0 Å². The first-order valence-electron chi connectivity index (χ1n) is 6.55. The van der Waals surface area contributed by atoms with E-state index in [4.69, 9.17) is 5.73 Å². The van der Waals surface area contributed by atoms with Gasteiger partial charge in [-0.3, -0.25) is 4.99 Å². The molecule has 6 heteroatoms. The molecule has 0 aliphatic heterocycles. The lowest BCUT2D eigenvalue weighted by Gasteiger charge is -2.06. The lowest BCUT2D eigenvalue weighted by Crippen LogP contribution is -2.33. The number of guanidine groups is 1. The van der Waals surface area contributed by atoms with Crippen molar-refractivity contribution in [1.29, 1.82) is 0 Å². The highest BCUT2D eigenvalue weighted by Crippen LogP contribution is 2.08. The Morgan fingerprint density at radius 2 is 2.00 bits per heavy atom. The smallest absolute Gasteiger partial charge is 0.188 e. The minimum atomic E-state index is -0.178. The zero-order valence-electron chi connectivity index (χ0n) is 11.6. The van der Waals surface area contributed by atoms with Gasteiger partial charge in [0.25, 0.3) is 0 Å². The van der Waals surface area contributed by atoms with E-state index in [0.717, 1.165) is 6.42 Å². The number of rotatable bonds is 6. The molecular weight excluding hydrogens is 400 g/mol. The van der Waals surface area contributed by atoms with E-state index in [2.05, 4.69) is 21.8 Å². The highest BCUT2D eigenvalue weighted by atomic mass is 127. The highest BCUT2D eigenvalue weighted by molar-refractivity contribution is 14.0. The maximum Gasteiger partial charge on any atom is 0.188 e. The number of nitrogens with one attached hydrogen (secondary N) is 1. The van der Waals surface area contributed by atoms with Crippen molar-refractivity contribution in [2.24, 2.45) is 10.7 Å². The molecule has 1 aromatic carbocycles. The molecule has 0 saturated carbocycles. The fraction of sp³-hybridized carbons (Fsp3) is 0.267. The van der Waals surface area contributed by atoms with Crippen LogP contribution in [0, 0.1) is 5.82 Å². The molecule has 0 aliphatic carbocycles. The van der Waals surface area contributed by atoms with Gasteiger partial charge in [0, 0.05) is 24.4 Å². The minimum absolute atomic E-state index is 0. The lowest BCUT2D eigenvalue weighted by molar-refractivity contribution is 0.607. The van der Waals surface area contributed by atoms with Crippen molar-refractivity contribution in [3.8, 4) is 0 Å². The summed E-state index contributed by atoms with van der Waals surface area (Å²) in [6.45, 7) is 1.24. The van der Waals surface area contributed by atoms with E-state index in [1.54, 1.807) is 23.5 Å². The Labute approximate surface area is 145 Å². The van der Waals surface area contributed by atoms with Gasteiger partial charge in [0.1, 0.15) is 5.82 Å². The van der Waals surface area contributed by atoms with Gasteiger partial charge in [-0.1, -0.05) is 24.3 Å². The molecule has 0 radical (unpaired) electrons. The van der Waals surface area contributed by atoms with Gasteiger partial charge in [-0.15, -0.1) is 35.3 Å². The molecule has 0 atom stereocenters. The zero-order valence-corrected chi connectivity index (χ0v) is 14.7. The maximum atomic E-state index is 13.4. The van der Waals surface area contributed by atoms with E-state index in [0.29, 0.717) is 31.0 Å². The van der Waals surface area contributed by atoms with Crippen LogP contribution in [0.15, 0.2) is 46.8 Å². The van der Waals surface area contributed by atoms with Crippen LogP contribution in [-0.4, -0.2) is 19.0 Å². The van der Waals surface area contributed by atoms with Gasteiger partial charge >= 0.3 is 0 Å². The Morgan fingerprint density at radius 1 is 1.19 bits per heavy atom. The van der Waals surface area contributed by atoms with Crippen molar-refractivity contribution in [2.45, 2.75) is 12.8 Å². The Hall–Kier alpha value is -1.15. The average Bonchev–Trinajstić information content (AvgIpc) is 2.94. The number of aliphatic imine (C=N–C) groups is 1. The van der Waals surface area contributed by atoms with Crippen LogP contribution in [0.25, 0.3) is 0 Å². The van der Waals surface area contributed by atoms with Crippen molar-refractivity contribution in [3.05, 3.63) is 58.0 Å². The summed E-state index contributed by atoms with van der Waals surface area (Å²) in [5, 5.41) is 5.05. The molecule has 0 amide bonds. The molecular formula is C15H19FIN3S. The summed E-state index contributed by atoms with van der Waals surface area (Å²) in [6.07, 6.45) is 1.49. The fourth-order valence-electron chi connectivity index (χ4n) is 1.82.